The van der Waals surface area contributed by atoms with Crippen LogP contribution in [0.3, 0.4) is 0 Å². The Balaban J connectivity index is 2.29. The van der Waals surface area contributed by atoms with Crippen LogP contribution in [0.4, 0.5) is 18.9 Å². The number of halogens is 4. The molecule has 0 saturated heterocycles. The van der Waals surface area contributed by atoms with Crippen LogP contribution in [0.2, 0.25) is 5.02 Å². The summed E-state index contributed by atoms with van der Waals surface area (Å²) < 4.78 is 39.1. The summed E-state index contributed by atoms with van der Waals surface area (Å²) in [6, 6.07) is 3.70. The van der Waals surface area contributed by atoms with Crippen molar-refractivity contribution >= 4 is 34.2 Å². The van der Waals surface area contributed by atoms with Crippen LogP contribution in [0.15, 0.2) is 23.2 Å². The molecule has 0 aliphatic carbocycles. The number of aliphatic imine (C=N–C) groups is 1. The Labute approximate surface area is 131 Å². The third-order valence-corrected chi connectivity index (χ3v) is 5.04. The number of nitrogens with one attached hydrogen (secondary N) is 1. The maximum absolute atomic E-state index is 13.0. The van der Waals surface area contributed by atoms with Gasteiger partial charge in [-0.2, -0.15) is 13.2 Å². The van der Waals surface area contributed by atoms with Crippen LogP contribution in [0, 0.1) is 0 Å². The van der Waals surface area contributed by atoms with E-state index < -0.39 is 11.7 Å². The van der Waals surface area contributed by atoms with Gasteiger partial charge in [-0.25, -0.2) is 0 Å². The zero-order valence-electron chi connectivity index (χ0n) is 11.7. The van der Waals surface area contributed by atoms with E-state index in [2.05, 4.69) is 10.3 Å². The SMILES string of the molecule is CCC1(CC)CSC(Nc2ccc(Cl)cc2C(F)(F)F)=N1. The minimum absolute atomic E-state index is 0.0128. The summed E-state index contributed by atoms with van der Waals surface area (Å²) >= 11 is 7.12. The van der Waals surface area contributed by atoms with Crippen molar-refractivity contribution in [1.29, 1.82) is 0 Å². The van der Waals surface area contributed by atoms with Crippen LogP contribution in [0.5, 0.6) is 0 Å². The second kappa shape index (κ2) is 6.08. The highest BCUT2D eigenvalue weighted by molar-refractivity contribution is 8.14. The average Bonchev–Trinajstić information content (AvgIpc) is 2.84. The van der Waals surface area contributed by atoms with Crippen LogP contribution in [-0.4, -0.2) is 16.5 Å². The molecule has 1 aliphatic rings. The zero-order chi connectivity index (χ0) is 15.7. The summed E-state index contributed by atoms with van der Waals surface area (Å²) in [6.07, 6.45) is -2.72. The molecule has 0 aromatic heterocycles. The Morgan fingerprint density at radius 1 is 1.33 bits per heavy atom. The third-order valence-electron chi connectivity index (χ3n) is 3.66. The fourth-order valence-corrected chi connectivity index (χ4v) is 3.62. The molecular formula is C14H16ClF3N2S. The van der Waals surface area contributed by atoms with E-state index in [-0.39, 0.29) is 16.2 Å². The molecule has 1 aliphatic heterocycles. The summed E-state index contributed by atoms with van der Waals surface area (Å²) in [5.74, 6) is 0.789. The highest BCUT2D eigenvalue weighted by Gasteiger charge is 2.36. The molecule has 1 aromatic rings. The molecule has 0 radical (unpaired) electrons. The van der Waals surface area contributed by atoms with E-state index in [1.165, 1.54) is 23.9 Å². The second-order valence-corrected chi connectivity index (χ2v) is 6.35. The molecule has 0 fully saturated rings. The van der Waals surface area contributed by atoms with E-state index in [9.17, 15) is 13.2 Å². The average molecular weight is 337 g/mol. The fourth-order valence-electron chi connectivity index (χ4n) is 2.13. The molecule has 2 rings (SSSR count). The Bertz CT molecular complexity index is 554. The first kappa shape index (κ1) is 16.5. The number of nitrogens with zero attached hydrogens (tertiary/aromatic N) is 1. The van der Waals surface area contributed by atoms with Crippen molar-refractivity contribution in [1.82, 2.24) is 0 Å². The van der Waals surface area contributed by atoms with Gasteiger partial charge in [0.1, 0.15) is 0 Å². The van der Waals surface area contributed by atoms with Crippen LogP contribution >= 0.6 is 23.4 Å². The van der Waals surface area contributed by atoms with Gasteiger partial charge in [0.25, 0.3) is 0 Å². The summed E-state index contributed by atoms with van der Waals surface area (Å²) in [7, 11) is 0. The number of alkyl halides is 3. The first-order valence-electron chi connectivity index (χ1n) is 6.66. The van der Waals surface area contributed by atoms with E-state index in [0.29, 0.717) is 5.17 Å². The van der Waals surface area contributed by atoms with Crippen molar-refractivity contribution in [3.05, 3.63) is 28.8 Å². The summed E-state index contributed by atoms with van der Waals surface area (Å²) in [6.45, 7) is 4.08. The van der Waals surface area contributed by atoms with Gasteiger partial charge in [0.05, 0.1) is 16.8 Å². The van der Waals surface area contributed by atoms with Gasteiger partial charge in [-0.1, -0.05) is 37.2 Å². The third kappa shape index (κ3) is 3.66. The molecule has 0 atom stereocenters. The van der Waals surface area contributed by atoms with Gasteiger partial charge in [0.15, 0.2) is 5.17 Å². The number of hydrogen-bond donors (Lipinski definition) is 1. The summed E-state index contributed by atoms with van der Waals surface area (Å²) in [5, 5.41) is 3.40. The fraction of sp³-hybridized carbons (Fsp3) is 0.500. The lowest BCUT2D eigenvalue weighted by molar-refractivity contribution is -0.136. The summed E-state index contributed by atoms with van der Waals surface area (Å²) in [5.41, 5.74) is -0.956. The predicted molar refractivity (Wildman–Crippen MR) is 83.3 cm³/mol. The van der Waals surface area contributed by atoms with E-state index in [4.69, 9.17) is 11.6 Å². The van der Waals surface area contributed by atoms with Crippen molar-refractivity contribution in [2.45, 2.75) is 38.4 Å². The molecule has 0 unspecified atom stereocenters. The topological polar surface area (TPSA) is 24.4 Å². The first-order valence-corrected chi connectivity index (χ1v) is 8.02. The smallest absolute Gasteiger partial charge is 0.334 e. The van der Waals surface area contributed by atoms with E-state index in [1.54, 1.807) is 0 Å². The number of anilines is 1. The monoisotopic (exact) mass is 336 g/mol. The lowest BCUT2D eigenvalue weighted by atomic mass is 9.97. The van der Waals surface area contributed by atoms with Crippen molar-refractivity contribution < 1.29 is 13.2 Å². The standard InChI is InChI=1S/C14H16ClF3N2S/c1-3-13(4-2)8-21-12(20-13)19-11-6-5-9(15)7-10(11)14(16,17)18/h5-7H,3-4,8H2,1-2H3,(H,19,20). The van der Waals surface area contributed by atoms with Crippen LogP contribution in [0.25, 0.3) is 0 Å². The predicted octanol–water partition coefficient (Wildman–Crippen LogP) is 5.43. The van der Waals surface area contributed by atoms with Crippen molar-refractivity contribution in [2.75, 3.05) is 11.1 Å². The molecule has 2 nitrogen and oxygen atoms in total. The van der Waals surface area contributed by atoms with Crippen molar-refractivity contribution in [3.8, 4) is 0 Å². The number of thioether (sulfide) groups is 1. The maximum Gasteiger partial charge on any atom is 0.418 e. The Morgan fingerprint density at radius 3 is 2.52 bits per heavy atom. The van der Waals surface area contributed by atoms with Gasteiger partial charge in [-0.05, 0) is 31.0 Å². The van der Waals surface area contributed by atoms with E-state index >= 15 is 0 Å². The highest BCUT2D eigenvalue weighted by Crippen LogP contribution is 2.39. The molecule has 0 spiro atoms. The van der Waals surface area contributed by atoms with Gasteiger partial charge >= 0.3 is 6.18 Å². The van der Waals surface area contributed by atoms with Gasteiger partial charge in [0.2, 0.25) is 0 Å². The molecule has 21 heavy (non-hydrogen) atoms. The van der Waals surface area contributed by atoms with Crippen LogP contribution in [-0.2, 0) is 6.18 Å². The van der Waals surface area contributed by atoms with Crippen LogP contribution < -0.4 is 5.32 Å². The zero-order valence-corrected chi connectivity index (χ0v) is 13.3. The quantitative estimate of drug-likeness (QED) is 0.795. The summed E-state index contributed by atoms with van der Waals surface area (Å²) in [4.78, 5) is 4.57. The van der Waals surface area contributed by atoms with Gasteiger partial charge in [-0.3, -0.25) is 4.99 Å². The Hall–Kier alpha value is -0.880. The number of benzene rings is 1. The normalized spacial score (nSPS) is 17.7. The molecule has 0 saturated carbocycles. The number of rotatable bonds is 3. The minimum Gasteiger partial charge on any atom is -0.334 e. The van der Waals surface area contributed by atoms with E-state index in [1.807, 2.05) is 13.8 Å². The largest absolute Gasteiger partial charge is 0.418 e. The maximum atomic E-state index is 13.0. The van der Waals surface area contributed by atoms with E-state index in [0.717, 1.165) is 24.7 Å². The molecule has 116 valence electrons. The number of hydrogen-bond acceptors (Lipinski definition) is 3. The number of amidine groups is 1. The molecular weight excluding hydrogens is 321 g/mol. The molecule has 0 bridgehead atoms. The molecule has 7 heteroatoms. The highest BCUT2D eigenvalue weighted by atomic mass is 35.5. The first-order chi connectivity index (χ1) is 9.79. The lowest BCUT2D eigenvalue weighted by Gasteiger charge is -2.20. The molecule has 1 heterocycles. The van der Waals surface area contributed by atoms with Gasteiger partial charge < -0.3 is 5.32 Å². The van der Waals surface area contributed by atoms with Crippen LogP contribution in [0.1, 0.15) is 32.3 Å². The Morgan fingerprint density at radius 2 is 2.00 bits per heavy atom. The minimum atomic E-state index is -4.45. The van der Waals surface area contributed by atoms with Gasteiger partial charge in [0, 0.05) is 10.8 Å². The lowest BCUT2D eigenvalue weighted by Crippen LogP contribution is -2.24. The molecule has 0 amide bonds. The molecule has 1 aromatic carbocycles. The molecule has 1 N–H and O–H groups in total. The second-order valence-electron chi connectivity index (χ2n) is 4.95. The Kier molecular flexibility index (Phi) is 4.78. The van der Waals surface area contributed by atoms with Crippen molar-refractivity contribution in [3.63, 3.8) is 0 Å². The van der Waals surface area contributed by atoms with Crippen molar-refractivity contribution in [2.24, 2.45) is 4.99 Å². The van der Waals surface area contributed by atoms with Gasteiger partial charge in [-0.15, -0.1) is 0 Å².